The van der Waals surface area contributed by atoms with Gasteiger partial charge in [-0.1, -0.05) is 50.2 Å². The molecule has 6 rings (SSSR count). The monoisotopic (exact) mass is 642 g/mol. The quantitative estimate of drug-likeness (QED) is 0.399. The molecule has 4 heterocycles. The highest BCUT2D eigenvalue weighted by Gasteiger charge is 2.45. The normalized spacial score (nSPS) is 20.6. The molecular formula is C36H43FN6O4. The Morgan fingerprint density at radius 3 is 2.28 bits per heavy atom. The molecule has 3 aliphatic heterocycles. The lowest BCUT2D eigenvalue weighted by Gasteiger charge is -2.45. The lowest BCUT2D eigenvalue weighted by molar-refractivity contribution is -0.141. The van der Waals surface area contributed by atoms with Crippen molar-refractivity contribution < 1.29 is 23.5 Å². The van der Waals surface area contributed by atoms with Crippen molar-refractivity contribution in [2.24, 2.45) is 0 Å². The van der Waals surface area contributed by atoms with E-state index in [1.54, 1.807) is 21.9 Å². The molecule has 0 saturated carbocycles. The summed E-state index contributed by atoms with van der Waals surface area (Å²) < 4.78 is 19.2. The molecule has 47 heavy (non-hydrogen) atoms. The molecule has 1 aromatic heterocycles. The Bertz CT molecular complexity index is 1660. The summed E-state index contributed by atoms with van der Waals surface area (Å²) in [5.41, 5.74) is 4.09. The second kappa shape index (κ2) is 12.3. The third kappa shape index (κ3) is 6.86. The minimum absolute atomic E-state index is 0.00513. The molecule has 3 aromatic rings. The van der Waals surface area contributed by atoms with Crippen LogP contribution in [0.4, 0.5) is 14.9 Å². The Morgan fingerprint density at radius 1 is 0.979 bits per heavy atom. The Hall–Kier alpha value is -4.38. The van der Waals surface area contributed by atoms with Crippen molar-refractivity contribution in [3.05, 3.63) is 88.5 Å². The van der Waals surface area contributed by atoms with Crippen LogP contribution >= 0.6 is 0 Å². The van der Waals surface area contributed by atoms with Gasteiger partial charge in [-0.15, -0.1) is 0 Å². The second-order valence-corrected chi connectivity index (χ2v) is 14.6. The van der Waals surface area contributed by atoms with Gasteiger partial charge in [0.15, 0.2) is 0 Å². The molecule has 2 aromatic carbocycles. The number of fused-ring (bicyclic) bond motifs is 2. The third-order valence-electron chi connectivity index (χ3n) is 9.15. The van der Waals surface area contributed by atoms with Crippen LogP contribution in [0, 0.1) is 5.82 Å². The van der Waals surface area contributed by atoms with Gasteiger partial charge in [-0.05, 0) is 62.6 Å². The minimum Gasteiger partial charge on any atom is -0.444 e. The molecule has 0 unspecified atom stereocenters. The molecule has 0 radical (unpaired) electrons. The number of amides is 3. The van der Waals surface area contributed by atoms with E-state index in [4.69, 9.17) is 4.74 Å². The van der Waals surface area contributed by atoms with Crippen molar-refractivity contribution >= 4 is 23.6 Å². The van der Waals surface area contributed by atoms with E-state index in [9.17, 15) is 18.8 Å². The highest BCUT2D eigenvalue weighted by molar-refractivity contribution is 5.97. The van der Waals surface area contributed by atoms with Gasteiger partial charge < -0.3 is 19.4 Å². The number of nitrogens with zero attached hydrogens (tertiary/aromatic N) is 6. The maximum Gasteiger partial charge on any atom is 0.410 e. The maximum absolute atomic E-state index is 14.2. The van der Waals surface area contributed by atoms with Crippen LogP contribution in [-0.4, -0.2) is 86.7 Å². The number of benzene rings is 2. The van der Waals surface area contributed by atoms with Gasteiger partial charge >= 0.3 is 6.09 Å². The molecule has 0 spiro atoms. The van der Waals surface area contributed by atoms with E-state index < -0.39 is 23.2 Å². The lowest BCUT2D eigenvalue weighted by Crippen LogP contribution is -2.64. The van der Waals surface area contributed by atoms with E-state index in [1.165, 1.54) is 12.1 Å². The van der Waals surface area contributed by atoms with E-state index in [2.05, 4.69) is 10.2 Å². The molecule has 0 N–H and O–H groups in total. The van der Waals surface area contributed by atoms with Gasteiger partial charge in [0, 0.05) is 50.6 Å². The first-order chi connectivity index (χ1) is 22.2. The molecule has 10 nitrogen and oxygen atoms in total. The van der Waals surface area contributed by atoms with Crippen LogP contribution in [0.3, 0.4) is 0 Å². The molecule has 11 heteroatoms. The molecule has 1 fully saturated rings. The summed E-state index contributed by atoms with van der Waals surface area (Å²) in [5, 5.41) is 8.98. The predicted octanol–water partition coefficient (Wildman–Crippen LogP) is 4.68. The molecule has 1 saturated heterocycles. The van der Waals surface area contributed by atoms with Crippen molar-refractivity contribution in [3.8, 4) is 0 Å². The summed E-state index contributed by atoms with van der Waals surface area (Å²) >= 11 is 0. The van der Waals surface area contributed by atoms with E-state index >= 15 is 0 Å². The summed E-state index contributed by atoms with van der Waals surface area (Å²) in [6, 6.07) is 15.1. The zero-order chi connectivity index (χ0) is 33.7. The predicted molar refractivity (Wildman–Crippen MR) is 175 cm³/mol. The molecule has 248 valence electrons. The van der Waals surface area contributed by atoms with Gasteiger partial charge in [-0.3, -0.25) is 14.5 Å². The van der Waals surface area contributed by atoms with Crippen LogP contribution in [0.15, 0.2) is 54.6 Å². The number of ether oxygens (including phenoxy) is 1. The average Bonchev–Trinajstić information content (AvgIpc) is 3.55. The first kappa shape index (κ1) is 32.6. The maximum atomic E-state index is 14.2. The number of hydrogen-bond donors (Lipinski definition) is 0. The Kier molecular flexibility index (Phi) is 8.54. The summed E-state index contributed by atoms with van der Waals surface area (Å²) in [5.74, 6) is -0.582. The zero-order valence-electron chi connectivity index (χ0n) is 28.0. The molecule has 0 aliphatic carbocycles. The summed E-state index contributed by atoms with van der Waals surface area (Å²) in [7, 11) is 0. The van der Waals surface area contributed by atoms with Gasteiger partial charge in [-0.25, -0.2) is 9.18 Å². The number of carbonyl (C=O) groups is 3. The minimum atomic E-state index is -0.725. The first-order valence-corrected chi connectivity index (χ1v) is 16.2. The van der Waals surface area contributed by atoms with E-state index in [-0.39, 0.29) is 36.8 Å². The fourth-order valence-electron chi connectivity index (χ4n) is 6.77. The highest BCUT2D eigenvalue weighted by Crippen LogP contribution is 2.39. The molecule has 2 atom stereocenters. The standard InChI is InChI=1S/C36H43FN6O4/c1-23-17-40(30(20-42(23)34(46)47-35(2,3)4)33(45)41-18-25-9-7-8-10-26(25)19-41)21-31(44)43-22-36(5,6)32-29(43)16-28(38-39-32)15-24-11-13-27(37)14-12-24/h7-14,16,23,30H,15,17-22H2,1-6H3/t23-,30+/m1/s1. The topological polar surface area (TPSA) is 99.2 Å². The van der Waals surface area contributed by atoms with Crippen LogP contribution in [-0.2, 0) is 39.3 Å². The number of anilines is 1. The fourth-order valence-corrected chi connectivity index (χ4v) is 6.77. The van der Waals surface area contributed by atoms with Crippen LogP contribution in [0.25, 0.3) is 0 Å². The number of aromatic nitrogens is 2. The van der Waals surface area contributed by atoms with E-state index in [0.717, 1.165) is 22.4 Å². The van der Waals surface area contributed by atoms with E-state index in [0.29, 0.717) is 44.0 Å². The summed E-state index contributed by atoms with van der Waals surface area (Å²) in [6.07, 6.45) is -0.0249. The molecule has 0 bridgehead atoms. The van der Waals surface area contributed by atoms with Gasteiger partial charge in [0.2, 0.25) is 11.8 Å². The number of rotatable bonds is 5. The third-order valence-corrected chi connectivity index (χ3v) is 9.15. The van der Waals surface area contributed by atoms with Crippen LogP contribution < -0.4 is 4.90 Å². The smallest absolute Gasteiger partial charge is 0.410 e. The zero-order valence-corrected chi connectivity index (χ0v) is 28.0. The second-order valence-electron chi connectivity index (χ2n) is 14.6. The van der Waals surface area contributed by atoms with Crippen molar-refractivity contribution in [2.45, 2.75) is 84.2 Å². The van der Waals surface area contributed by atoms with Gasteiger partial charge in [0.25, 0.3) is 0 Å². The van der Waals surface area contributed by atoms with Crippen molar-refractivity contribution in [2.75, 3.05) is 31.1 Å². The first-order valence-electron chi connectivity index (χ1n) is 16.2. The Balaban J connectivity index is 1.25. The highest BCUT2D eigenvalue weighted by atomic mass is 19.1. The van der Waals surface area contributed by atoms with Gasteiger partial charge in [-0.2, -0.15) is 10.2 Å². The summed E-state index contributed by atoms with van der Waals surface area (Å²) in [6.45, 7) is 13.3. The number of halogens is 1. The largest absolute Gasteiger partial charge is 0.444 e. The number of hydrogen-bond acceptors (Lipinski definition) is 7. The average molecular weight is 643 g/mol. The van der Waals surface area contributed by atoms with Crippen molar-refractivity contribution in [3.63, 3.8) is 0 Å². The lowest BCUT2D eigenvalue weighted by atomic mass is 9.91. The summed E-state index contributed by atoms with van der Waals surface area (Å²) in [4.78, 5) is 48.8. The van der Waals surface area contributed by atoms with Crippen LogP contribution in [0.5, 0.6) is 0 Å². The van der Waals surface area contributed by atoms with E-state index in [1.807, 2.05) is 81.7 Å². The fraction of sp³-hybridized carbons (Fsp3) is 0.472. The molecule has 3 aliphatic rings. The Morgan fingerprint density at radius 2 is 1.64 bits per heavy atom. The molecule has 3 amide bonds. The van der Waals surface area contributed by atoms with Crippen molar-refractivity contribution in [1.29, 1.82) is 0 Å². The number of piperazine rings is 1. The SMILES string of the molecule is C[C@@H]1CN(CC(=O)N2CC(C)(C)c3nnc(Cc4ccc(F)cc4)cc32)[C@H](C(=O)N2Cc3ccccc3C2)CN1C(=O)OC(C)(C)C. The van der Waals surface area contributed by atoms with Gasteiger partial charge in [0.05, 0.1) is 23.6 Å². The van der Waals surface area contributed by atoms with Gasteiger partial charge in [0.1, 0.15) is 17.5 Å². The van der Waals surface area contributed by atoms with Crippen LogP contribution in [0.1, 0.15) is 69.6 Å². The van der Waals surface area contributed by atoms with Crippen molar-refractivity contribution in [1.82, 2.24) is 24.9 Å². The molecular weight excluding hydrogens is 599 g/mol. The number of carbonyl (C=O) groups excluding carboxylic acids is 3. The van der Waals surface area contributed by atoms with Crippen LogP contribution in [0.2, 0.25) is 0 Å². The Labute approximate surface area is 275 Å².